The van der Waals surface area contributed by atoms with Crippen LogP contribution in [0.4, 0.5) is 0 Å². The van der Waals surface area contributed by atoms with E-state index in [1.807, 2.05) is 19.9 Å². The second-order valence-corrected chi connectivity index (χ2v) is 8.60. The van der Waals surface area contributed by atoms with E-state index in [1.54, 1.807) is 13.2 Å². The Hall–Kier alpha value is -1.90. The second-order valence-electron chi connectivity index (χ2n) is 7.43. The molecule has 2 bridgehead atoms. The summed E-state index contributed by atoms with van der Waals surface area (Å²) in [6.45, 7) is 3.91. The lowest BCUT2D eigenvalue weighted by atomic mass is 9.85. The first-order chi connectivity index (χ1) is 12.9. The standard InChI is InChI=1S/C20H21IN2O4/c1-10(2)27-18-14(21)6-11(7-15(18)26-3)9-22-23-19(24)16-12-4-5-13(8-12)17(16)20(23)25/h4-7,9-10,12-13,16-17H,8H2,1-3H3/t12-,13-,16-,17+/m0/s1. The maximum Gasteiger partial charge on any atom is 0.254 e. The van der Waals surface area contributed by atoms with E-state index in [9.17, 15) is 9.59 Å². The zero-order chi connectivity index (χ0) is 19.3. The molecule has 0 unspecified atom stereocenters. The van der Waals surface area contributed by atoms with Crippen molar-refractivity contribution in [2.75, 3.05) is 7.11 Å². The highest BCUT2D eigenvalue weighted by Crippen LogP contribution is 2.52. The Morgan fingerprint density at radius 2 is 1.81 bits per heavy atom. The summed E-state index contributed by atoms with van der Waals surface area (Å²) >= 11 is 2.18. The first kappa shape index (κ1) is 18.5. The molecular formula is C20H21IN2O4. The molecule has 4 rings (SSSR count). The third-order valence-corrected chi connectivity index (χ3v) is 6.18. The number of carbonyl (C=O) groups excluding carboxylic acids is 2. The molecule has 4 atom stereocenters. The molecule has 0 aromatic heterocycles. The molecular weight excluding hydrogens is 459 g/mol. The van der Waals surface area contributed by atoms with Crippen molar-refractivity contribution >= 4 is 40.6 Å². The van der Waals surface area contributed by atoms with E-state index in [-0.39, 0.29) is 41.6 Å². The van der Waals surface area contributed by atoms with Crippen LogP contribution in [0.3, 0.4) is 0 Å². The van der Waals surface area contributed by atoms with E-state index >= 15 is 0 Å². The van der Waals surface area contributed by atoms with Crippen LogP contribution in [0.15, 0.2) is 29.4 Å². The number of hydrogen-bond acceptors (Lipinski definition) is 5. The van der Waals surface area contributed by atoms with Crippen molar-refractivity contribution in [1.29, 1.82) is 0 Å². The van der Waals surface area contributed by atoms with Crippen molar-refractivity contribution < 1.29 is 19.1 Å². The molecule has 1 aromatic rings. The van der Waals surface area contributed by atoms with Gasteiger partial charge in [-0.2, -0.15) is 10.1 Å². The van der Waals surface area contributed by atoms with Crippen molar-refractivity contribution in [3.05, 3.63) is 33.4 Å². The van der Waals surface area contributed by atoms with Crippen LogP contribution in [0.1, 0.15) is 25.8 Å². The van der Waals surface area contributed by atoms with E-state index in [0.717, 1.165) is 20.6 Å². The summed E-state index contributed by atoms with van der Waals surface area (Å²) in [7, 11) is 1.58. The average Bonchev–Trinajstić information content (AvgIpc) is 3.29. The van der Waals surface area contributed by atoms with Crippen LogP contribution in [0.5, 0.6) is 11.5 Å². The predicted molar refractivity (Wildman–Crippen MR) is 109 cm³/mol. The molecule has 1 saturated carbocycles. The quantitative estimate of drug-likeness (QED) is 0.281. The number of nitrogens with zero attached hydrogens (tertiary/aromatic N) is 2. The number of hydrazone groups is 1. The number of methoxy groups -OCH3 is 1. The number of halogens is 1. The molecule has 0 spiro atoms. The van der Waals surface area contributed by atoms with Gasteiger partial charge in [-0.3, -0.25) is 9.59 Å². The Labute approximate surface area is 171 Å². The first-order valence-corrected chi connectivity index (χ1v) is 10.1. The van der Waals surface area contributed by atoms with Crippen molar-refractivity contribution in [3.8, 4) is 11.5 Å². The Morgan fingerprint density at radius 1 is 1.19 bits per heavy atom. The van der Waals surface area contributed by atoms with Gasteiger partial charge in [0.15, 0.2) is 11.5 Å². The lowest BCUT2D eigenvalue weighted by Crippen LogP contribution is -2.28. The van der Waals surface area contributed by atoms with Gasteiger partial charge in [0.25, 0.3) is 11.8 Å². The molecule has 7 heteroatoms. The Kier molecular flexibility index (Phi) is 4.73. The van der Waals surface area contributed by atoms with Gasteiger partial charge in [0, 0.05) is 0 Å². The van der Waals surface area contributed by atoms with E-state index in [1.165, 1.54) is 6.21 Å². The van der Waals surface area contributed by atoms with Gasteiger partial charge in [0.1, 0.15) is 0 Å². The van der Waals surface area contributed by atoms with Gasteiger partial charge in [-0.05, 0) is 72.4 Å². The number of carbonyl (C=O) groups is 2. The third kappa shape index (κ3) is 3.05. The van der Waals surface area contributed by atoms with Crippen LogP contribution >= 0.6 is 22.6 Å². The number of rotatable bonds is 5. The van der Waals surface area contributed by atoms with E-state index in [0.29, 0.717) is 11.5 Å². The smallest absolute Gasteiger partial charge is 0.254 e. The molecule has 2 fully saturated rings. The number of ether oxygens (including phenoxy) is 2. The Morgan fingerprint density at radius 3 is 2.37 bits per heavy atom. The molecule has 27 heavy (non-hydrogen) atoms. The molecule has 0 radical (unpaired) electrons. The number of imide groups is 1. The Bertz CT molecular complexity index is 834. The van der Waals surface area contributed by atoms with Gasteiger partial charge < -0.3 is 9.47 Å². The maximum absolute atomic E-state index is 12.7. The zero-order valence-corrected chi connectivity index (χ0v) is 17.5. The SMILES string of the molecule is COc1cc(C=NN2C(=O)[C@@H]3[C@H](C2=O)[C@H]2C=C[C@H]3C2)cc(I)c1OC(C)C. The number of fused-ring (bicyclic) bond motifs is 5. The second kappa shape index (κ2) is 6.92. The van der Waals surface area contributed by atoms with E-state index < -0.39 is 0 Å². The number of hydrogen-bond donors (Lipinski definition) is 0. The highest BCUT2D eigenvalue weighted by Gasteiger charge is 2.59. The fraction of sp³-hybridized carbons (Fsp3) is 0.450. The maximum atomic E-state index is 12.7. The largest absolute Gasteiger partial charge is 0.493 e. The molecule has 1 heterocycles. The number of allylic oxidation sites excluding steroid dienone is 2. The van der Waals surface area contributed by atoms with Gasteiger partial charge in [0.05, 0.1) is 34.8 Å². The highest BCUT2D eigenvalue weighted by molar-refractivity contribution is 14.1. The van der Waals surface area contributed by atoms with E-state index in [2.05, 4.69) is 39.8 Å². The number of benzene rings is 1. The van der Waals surface area contributed by atoms with Crippen LogP contribution < -0.4 is 9.47 Å². The van der Waals surface area contributed by atoms with Crippen molar-refractivity contribution in [2.45, 2.75) is 26.4 Å². The topological polar surface area (TPSA) is 68.2 Å². The molecule has 142 valence electrons. The minimum Gasteiger partial charge on any atom is -0.493 e. The van der Waals surface area contributed by atoms with Gasteiger partial charge >= 0.3 is 0 Å². The first-order valence-electron chi connectivity index (χ1n) is 9.05. The lowest BCUT2D eigenvalue weighted by molar-refractivity contribution is -0.140. The molecule has 1 aliphatic heterocycles. The summed E-state index contributed by atoms with van der Waals surface area (Å²) < 4.78 is 12.1. The van der Waals surface area contributed by atoms with Crippen molar-refractivity contribution in [3.63, 3.8) is 0 Å². The summed E-state index contributed by atoms with van der Waals surface area (Å²) in [6.07, 6.45) is 6.62. The van der Waals surface area contributed by atoms with Gasteiger partial charge in [0.2, 0.25) is 0 Å². The Balaban J connectivity index is 1.58. The zero-order valence-electron chi connectivity index (χ0n) is 15.4. The summed E-state index contributed by atoms with van der Waals surface area (Å²) in [5.41, 5.74) is 0.742. The van der Waals surface area contributed by atoms with Crippen LogP contribution in [0, 0.1) is 27.2 Å². The fourth-order valence-corrected chi connectivity index (χ4v) is 5.04. The highest BCUT2D eigenvalue weighted by atomic mass is 127. The third-order valence-electron chi connectivity index (χ3n) is 5.37. The minimum atomic E-state index is -0.235. The molecule has 1 aromatic carbocycles. The van der Waals surface area contributed by atoms with Crippen molar-refractivity contribution in [1.82, 2.24) is 5.01 Å². The lowest BCUT2D eigenvalue weighted by Gasteiger charge is -2.16. The molecule has 2 amide bonds. The molecule has 2 aliphatic carbocycles. The van der Waals surface area contributed by atoms with Crippen LogP contribution in [0.2, 0.25) is 0 Å². The summed E-state index contributed by atoms with van der Waals surface area (Å²) in [4.78, 5) is 25.4. The van der Waals surface area contributed by atoms with Crippen LogP contribution in [0.25, 0.3) is 0 Å². The average molecular weight is 480 g/mol. The minimum absolute atomic E-state index is 0.0233. The fourth-order valence-electron chi connectivity index (χ4n) is 4.29. The van der Waals surface area contributed by atoms with Gasteiger partial charge in [-0.15, -0.1) is 0 Å². The molecule has 1 saturated heterocycles. The van der Waals surface area contributed by atoms with Crippen molar-refractivity contribution in [2.24, 2.45) is 28.8 Å². The molecule has 6 nitrogen and oxygen atoms in total. The van der Waals surface area contributed by atoms with Gasteiger partial charge in [-0.1, -0.05) is 12.2 Å². The van der Waals surface area contributed by atoms with Crippen LogP contribution in [-0.4, -0.2) is 36.3 Å². The summed E-state index contributed by atoms with van der Waals surface area (Å²) in [5, 5.41) is 5.28. The van der Waals surface area contributed by atoms with Crippen LogP contribution in [-0.2, 0) is 9.59 Å². The molecule has 0 N–H and O–H groups in total. The van der Waals surface area contributed by atoms with E-state index in [4.69, 9.17) is 9.47 Å². The monoisotopic (exact) mass is 480 g/mol. The summed E-state index contributed by atoms with van der Waals surface area (Å²) in [6, 6.07) is 3.68. The normalized spacial score (nSPS) is 28.7. The van der Waals surface area contributed by atoms with Gasteiger partial charge in [-0.25, -0.2) is 0 Å². The predicted octanol–water partition coefficient (Wildman–Crippen LogP) is 3.23. The summed E-state index contributed by atoms with van der Waals surface area (Å²) in [5.74, 6) is 0.808. The number of amides is 2. The molecule has 3 aliphatic rings.